The van der Waals surface area contributed by atoms with Crippen molar-refractivity contribution in [3.8, 4) is 0 Å². The van der Waals surface area contributed by atoms with Gasteiger partial charge in [0.15, 0.2) is 0 Å². The molecule has 5 heteroatoms. The average molecular weight is 260 g/mol. The Kier molecular flexibility index (Phi) is 8.37. The second kappa shape index (κ2) is 8.91. The minimum atomic E-state index is -1.52. The van der Waals surface area contributed by atoms with Gasteiger partial charge < -0.3 is 15.3 Å². The lowest BCUT2D eigenvalue weighted by atomic mass is 9.83. The molecule has 1 atom stereocenters. The van der Waals surface area contributed by atoms with Gasteiger partial charge in [0.05, 0.1) is 13.0 Å². The van der Waals surface area contributed by atoms with Gasteiger partial charge in [-0.25, -0.2) is 0 Å². The van der Waals surface area contributed by atoms with E-state index in [1.165, 1.54) is 45.4 Å². The van der Waals surface area contributed by atoms with Crippen molar-refractivity contribution in [3.05, 3.63) is 0 Å². The fourth-order valence-electron chi connectivity index (χ4n) is 1.94. The van der Waals surface area contributed by atoms with E-state index in [1.807, 2.05) is 0 Å². The van der Waals surface area contributed by atoms with Crippen LogP contribution in [0.15, 0.2) is 0 Å². The third kappa shape index (κ3) is 6.00. The Hall–Kier alpha value is -1.10. The number of aliphatic hydroxyl groups excluding tert-OH is 1. The summed E-state index contributed by atoms with van der Waals surface area (Å²) in [6.45, 7) is 0.887. The van der Waals surface area contributed by atoms with Gasteiger partial charge in [-0.1, -0.05) is 45.4 Å². The molecule has 1 aliphatic carbocycles. The van der Waals surface area contributed by atoms with Crippen molar-refractivity contribution in [2.75, 3.05) is 6.61 Å². The smallest absolute Gasteiger partial charge is 0.312 e. The highest BCUT2D eigenvalue weighted by Crippen LogP contribution is 2.25. The monoisotopic (exact) mass is 260 g/mol. The van der Waals surface area contributed by atoms with Crippen LogP contribution in [0.2, 0.25) is 0 Å². The highest BCUT2D eigenvalue weighted by atomic mass is 16.4. The van der Waals surface area contributed by atoms with Gasteiger partial charge in [0.2, 0.25) is 0 Å². The maximum absolute atomic E-state index is 10.6. The van der Waals surface area contributed by atoms with Gasteiger partial charge in [0.1, 0.15) is 5.41 Å². The van der Waals surface area contributed by atoms with E-state index in [-0.39, 0.29) is 6.42 Å². The number of carboxylic acid groups (broad SMARTS) is 2. The summed E-state index contributed by atoms with van der Waals surface area (Å²) in [6.07, 6.45) is 8.56. The zero-order valence-electron chi connectivity index (χ0n) is 11.0. The van der Waals surface area contributed by atoms with E-state index in [0.29, 0.717) is 0 Å². The van der Waals surface area contributed by atoms with Crippen LogP contribution < -0.4 is 0 Å². The van der Waals surface area contributed by atoms with Crippen LogP contribution in [0.5, 0.6) is 0 Å². The summed E-state index contributed by atoms with van der Waals surface area (Å²) in [5, 5.41) is 25.8. The predicted molar refractivity (Wildman–Crippen MR) is 67.4 cm³/mol. The molecule has 0 spiro atoms. The first kappa shape index (κ1) is 16.9. The zero-order chi connectivity index (χ0) is 14.0. The molecule has 0 aromatic rings. The highest BCUT2D eigenvalue weighted by molar-refractivity contribution is 5.81. The van der Waals surface area contributed by atoms with Gasteiger partial charge in [-0.15, -0.1) is 0 Å². The standard InChI is InChI=1S/C7H12O5.C6H12/c1-2-7(4-8,6(11)12)3-5(9)10;1-2-4-6-5-3-1/h8H,2-4H2,1H3,(H,9,10)(H,11,12);1-6H2. The lowest BCUT2D eigenvalue weighted by Crippen LogP contribution is -2.36. The number of carbonyl (C=O) groups is 2. The molecule has 0 aliphatic heterocycles. The Labute approximate surface area is 108 Å². The summed E-state index contributed by atoms with van der Waals surface area (Å²) in [4.78, 5) is 20.9. The number of hydrogen-bond donors (Lipinski definition) is 3. The molecule has 0 radical (unpaired) electrons. The van der Waals surface area contributed by atoms with Gasteiger partial charge in [-0.05, 0) is 6.42 Å². The molecule has 0 aromatic heterocycles. The van der Waals surface area contributed by atoms with Gasteiger partial charge in [0.25, 0.3) is 0 Å². The van der Waals surface area contributed by atoms with Crippen molar-refractivity contribution >= 4 is 11.9 Å². The molecule has 0 aromatic carbocycles. The SMILES string of the molecule is C1CCCCC1.CCC(CO)(CC(=O)O)C(=O)O. The maximum atomic E-state index is 10.6. The molecular formula is C13H24O5. The molecule has 0 amide bonds. The van der Waals surface area contributed by atoms with Gasteiger partial charge in [0, 0.05) is 0 Å². The summed E-state index contributed by atoms with van der Waals surface area (Å²) in [6, 6.07) is 0. The fourth-order valence-corrected chi connectivity index (χ4v) is 1.94. The summed E-state index contributed by atoms with van der Waals surface area (Å²) in [5.41, 5.74) is -1.52. The van der Waals surface area contributed by atoms with Gasteiger partial charge in [-0.2, -0.15) is 0 Å². The van der Waals surface area contributed by atoms with Crippen molar-refractivity contribution < 1.29 is 24.9 Å². The van der Waals surface area contributed by atoms with Crippen LogP contribution in [0.3, 0.4) is 0 Å². The van der Waals surface area contributed by atoms with Crippen LogP contribution in [-0.4, -0.2) is 33.9 Å². The number of hydrogen-bond acceptors (Lipinski definition) is 3. The highest BCUT2D eigenvalue weighted by Gasteiger charge is 2.38. The van der Waals surface area contributed by atoms with Crippen molar-refractivity contribution in [1.82, 2.24) is 0 Å². The van der Waals surface area contributed by atoms with Crippen molar-refractivity contribution in [2.24, 2.45) is 5.41 Å². The number of carboxylic acids is 2. The molecule has 18 heavy (non-hydrogen) atoms. The summed E-state index contributed by atoms with van der Waals surface area (Å²) < 4.78 is 0. The van der Waals surface area contributed by atoms with Crippen molar-refractivity contribution in [2.45, 2.75) is 58.3 Å². The number of aliphatic hydroxyl groups is 1. The summed E-state index contributed by atoms with van der Waals surface area (Å²) in [7, 11) is 0. The van der Waals surface area contributed by atoms with E-state index in [1.54, 1.807) is 0 Å². The normalized spacial score (nSPS) is 18.1. The molecule has 1 fully saturated rings. The predicted octanol–water partition coefficient (Wildman–Crippen LogP) is 2.27. The Morgan fingerprint density at radius 1 is 1.00 bits per heavy atom. The minimum absolute atomic E-state index is 0.102. The molecule has 3 N–H and O–H groups in total. The Morgan fingerprint density at radius 3 is 1.50 bits per heavy atom. The van der Waals surface area contributed by atoms with Crippen LogP contribution >= 0.6 is 0 Å². The Balaban J connectivity index is 0.000000397. The topological polar surface area (TPSA) is 94.8 Å². The first-order valence-corrected chi connectivity index (χ1v) is 6.54. The molecule has 0 heterocycles. The second-order valence-electron chi connectivity index (χ2n) is 4.79. The van der Waals surface area contributed by atoms with E-state index >= 15 is 0 Å². The molecule has 1 rings (SSSR count). The van der Waals surface area contributed by atoms with Crippen LogP contribution in [0.1, 0.15) is 58.3 Å². The number of rotatable bonds is 5. The molecule has 1 aliphatic rings. The van der Waals surface area contributed by atoms with E-state index < -0.39 is 30.4 Å². The summed E-state index contributed by atoms with van der Waals surface area (Å²) >= 11 is 0. The second-order valence-corrected chi connectivity index (χ2v) is 4.79. The first-order valence-electron chi connectivity index (χ1n) is 6.54. The van der Waals surface area contributed by atoms with E-state index in [4.69, 9.17) is 15.3 Å². The molecule has 0 bridgehead atoms. The molecule has 1 saturated carbocycles. The van der Waals surface area contributed by atoms with Crippen LogP contribution in [-0.2, 0) is 9.59 Å². The Morgan fingerprint density at radius 2 is 1.39 bits per heavy atom. The van der Waals surface area contributed by atoms with Crippen LogP contribution in [0.4, 0.5) is 0 Å². The lowest BCUT2D eigenvalue weighted by Gasteiger charge is -2.22. The zero-order valence-corrected chi connectivity index (χ0v) is 11.0. The largest absolute Gasteiger partial charge is 0.481 e. The Bertz CT molecular complexity index is 243. The third-order valence-electron chi connectivity index (χ3n) is 3.42. The first-order chi connectivity index (χ1) is 8.48. The van der Waals surface area contributed by atoms with Gasteiger partial charge >= 0.3 is 11.9 Å². The molecule has 5 nitrogen and oxygen atoms in total. The average Bonchev–Trinajstić information content (AvgIpc) is 2.38. The number of aliphatic carboxylic acids is 2. The minimum Gasteiger partial charge on any atom is -0.481 e. The van der Waals surface area contributed by atoms with Crippen molar-refractivity contribution in [3.63, 3.8) is 0 Å². The molecule has 1 unspecified atom stereocenters. The van der Waals surface area contributed by atoms with E-state index in [0.717, 1.165) is 0 Å². The van der Waals surface area contributed by atoms with E-state index in [9.17, 15) is 9.59 Å². The summed E-state index contributed by atoms with van der Waals surface area (Å²) in [5.74, 6) is -2.48. The van der Waals surface area contributed by atoms with E-state index in [2.05, 4.69) is 0 Å². The lowest BCUT2D eigenvalue weighted by molar-refractivity contribution is -0.158. The fraction of sp³-hybridized carbons (Fsp3) is 0.846. The quantitative estimate of drug-likeness (QED) is 0.705. The van der Waals surface area contributed by atoms with Crippen molar-refractivity contribution in [1.29, 1.82) is 0 Å². The molecular weight excluding hydrogens is 236 g/mol. The van der Waals surface area contributed by atoms with Crippen LogP contribution in [0, 0.1) is 5.41 Å². The van der Waals surface area contributed by atoms with Crippen LogP contribution in [0.25, 0.3) is 0 Å². The molecule has 0 saturated heterocycles. The molecule has 106 valence electrons. The van der Waals surface area contributed by atoms with Gasteiger partial charge in [-0.3, -0.25) is 9.59 Å². The maximum Gasteiger partial charge on any atom is 0.312 e. The third-order valence-corrected chi connectivity index (χ3v) is 3.42.